The lowest BCUT2D eigenvalue weighted by Crippen LogP contribution is -2.20. The Labute approximate surface area is 114 Å². The largest absolute Gasteiger partial charge is 0.337 e. The van der Waals surface area contributed by atoms with Crippen LogP contribution in [0.15, 0.2) is 62.2 Å². The first kappa shape index (κ1) is 15.1. The Morgan fingerprint density at radius 2 is 1.95 bits per heavy atom. The van der Waals surface area contributed by atoms with Gasteiger partial charge in [0.2, 0.25) is 0 Å². The maximum atomic E-state index is 9.74. The molecule has 2 rings (SSSR count). The Morgan fingerprint density at radius 3 is 2.58 bits per heavy atom. The average molecular weight is 259 g/mol. The summed E-state index contributed by atoms with van der Waals surface area (Å²) >= 11 is 0. The molecule has 0 bridgehead atoms. The Hall–Kier alpha value is -1.91. The molecule has 1 aromatic heterocycles. The molecule has 4 nitrogen and oxygen atoms in total. The van der Waals surface area contributed by atoms with E-state index in [2.05, 4.69) is 18.1 Å². The van der Waals surface area contributed by atoms with Crippen LogP contribution < -0.4 is 0 Å². The van der Waals surface area contributed by atoms with Crippen LogP contribution in [0.3, 0.4) is 0 Å². The summed E-state index contributed by atoms with van der Waals surface area (Å²) in [5.41, 5.74) is 1.12. The minimum absolute atomic E-state index is 0.574. The van der Waals surface area contributed by atoms with Crippen LogP contribution in [-0.4, -0.2) is 26.4 Å². The highest BCUT2D eigenvalue weighted by Gasteiger charge is 2.01. The van der Waals surface area contributed by atoms with Crippen molar-refractivity contribution in [2.45, 2.75) is 19.5 Å². The number of hydrogen-bond acceptors (Lipinski definition) is 3. The molecule has 1 aromatic carbocycles. The zero-order chi connectivity index (χ0) is 13.9. The number of aryl methyl sites for hydroxylation is 1. The van der Waals surface area contributed by atoms with Crippen molar-refractivity contribution in [1.29, 1.82) is 0 Å². The maximum Gasteiger partial charge on any atom is 0.0945 e. The second kappa shape index (κ2) is 9.08. The highest BCUT2D eigenvalue weighted by atomic mass is 16.5. The van der Waals surface area contributed by atoms with Crippen LogP contribution in [0.4, 0.5) is 0 Å². The van der Waals surface area contributed by atoms with Crippen molar-refractivity contribution >= 4 is 0 Å². The van der Waals surface area contributed by atoms with E-state index in [4.69, 9.17) is 0 Å². The van der Waals surface area contributed by atoms with Crippen LogP contribution in [0, 0.1) is 0 Å². The number of hydrogen-bond donors (Lipinski definition) is 1. The SMILES string of the molecule is C=C.ON(CCCn1ccnc1)Cc1ccccc1. The summed E-state index contributed by atoms with van der Waals surface area (Å²) in [7, 11) is 0. The fourth-order valence-electron chi connectivity index (χ4n) is 1.73. The Morgan fingerprint density at radius 1 is 1.21 bits per heavy atom. The van der Waals surface area contributed by atoms with Gasteiger partial charge >= 0.3 is 0 Å². The van der Waals surface area contributed by atoms with E-state index in [1.54, 1.807) is 12.5 Å². The molecule has 0 spiro atoms. The molecule has 0 aliphatic heterocycles. The fraction of sp³-hybridized carbons (Fsp3) is 0.267. The van der Waals surface area contributed by atoms with Gasteiger partial charge in [-0.25, -0.2) is 4.98 Å². The predicted molar refractivity (Wildman–Crippen MR) is 76.7 cm³/mol. The zero-order valence-electron chi connectivity index (χ0n) is 11.2. The minimum Gasteiger partial charge on any atom is -0.337 e. The van der Waals surface area contributed by atoms with Crippen molar-refractivity contribution in [3.05, 3.63) is 67.8 Å². The van der Waals surface area contributed by atoms with Gasteiger partial charge in [0.15, 0.2) is 0 Å². The van der Waals surface area contributed by atoms with Crippen molar-refractivity contribution in [1.82, 2.24) is 14.6 Å². The third-order valence-corrected chi connectivity index (χ3v) is 2.60. The molecule has 0 amide bonds. The van der Waals surface area contributed by atoms with E-state index >= 15 is 0 Å². The smallest absolute Gasteiger partial charge is 0.0945 e. The molecule has 0 saturated heterocycles. The molecule has 102 valence electrons. The standard InChI is InChI=1S/C13H17N3O.C2H4/c17-16(11-13-5-2-1-3-6-13)9-4-8-15-10-7-14-12-15;1-2/h1-3,5-7,10,12,17H,4,8-9,11H2;1-2H2. The molecular formula is C15H21N3O. The van der Waals surface area contributed by atoms with Crippen LogP contribution in [-0.2, 0) is 13.1 Å². The third-order valence-electron chi connectivity index (χ3n) is 2.60. The summed E-state index contributed by atoms with van der Waals surface area (Å²) in [4.78, 5) is 3.97. The highest BCUT2D eigenvalue weighted by Crippen LogP contribution is 2.03. The molecule has 2 aromatic rings. The average Bonchev–Trinajstić information content (AvgIpc) is 2.95. The number of aromatic nitrogens is 2. The molecule has 0 aliphatic carbocycles. The maximum absolute atomic E-state index is 9.74. The zero-order valence-corrected chi connectivity index (χ0v) is 11.2. The predicted octanol–water partition coefficient (Wildman–Crippen LogP) is 2.97. The topological polar surface area (TPSA) is 41.3 Å². The summed E-state index contributed by atoms with van der Waals surface area (Å²) in [6.45, 7) is 8.11. The van der Waals surface area contributed by atoms with Crippen molar-refractivity contribution in [3.63, 3.8) is 0 Å². The quantitative estimate of drug-likeness (QED) is 0.640. The molecule has 0 fully saturated rings. The first-order valence-electron chi connectivity index (χ1n) is 6.28. The van der Waals surface area contributed by atoms with E-state index in [1.165, 1.54) is 5.06 Å². The summed E-state index contributed by atoms with van der Waals surface area (Å²) in [6.07, 6.45) is 6.39. The molecule has 19 heavy (non-hydrogen) atoms. The number of imidazole rings is 1. The number of hydroxylamine groups is 2. The lowest BCUT2D eigenvalue weighted by atomic mass is 10.2. The van der Waals surface area contributed by atoms with Crippen molar-refractivity contribution in [2.75, 3.05) is 6.54 Å². The van der Waals surface area contributed by atoms with Crippen molar-refractivity contribution in [2.24, 2.45) is 0 Å². The molecular weight excluding hydrogens is 238 g/mol. The van der Waals surface area contributed by atoms with Gasteiger partial charge in [0, 0.05) is 32.0 Å². The first-order chi connectivity index (χ1) is 9.34. The van der Waals surface area contributed by atoms with Gasteiger partial charge in [0.25, 0.3) is 0 Å². The van der Waals surface area contributed by atoms with Crippen LogP contribution >= 0.6 is 0 Å². The van der Waals surface area contributed by atoms with Crippen molar-refractivity contribution in [3.8, 4) is 0 Å². The summed E-state index contributed by atoms with van der Waals surface area (Å²) in [6, 6.07) is 9.96. The van der Waals surface area contributed by atoms with E-state index in [0.29, 0.717) is 13.1 Å². The summed E-state index contributed by atoms with van der Waals surface area (Å²) in [5, 5.41) is 11.1. The second-order valence-electron chi connectivity index (χ2n) is 4.03. The van der Waals surface area contributed by atoms with Crippen LogP contribution in [0.2, 0.25) is 0 Å². The van der Waals surface area contributed by atoms with Gasteiger partial charge in [-0.15, -0.1) is 13.2 Å². The first-order valence-corrected chi connectivity index (χ1v) is 6.28. The lowest BCUT2D eigenvalue weighted by Gasteiger charge is -2.14. The van der Waals surface area contributed by atoms with Gasteiger partial charge in [-0.3, -0.25) is 0 Å². The molecule has 0 atom stereocenters. The molecule has 0 unspecified atom stereocenters. The molecule has 4 heteroatoms. The van der Waals surface area contributed by atoms with Gasteiger partial charge in [-0.05, 0) is 12.0 Å². The number of benzene rings is 1. The van der Waals surface area contributed by atoms with Gasteiger partial charge in [-0.1, -0.05) is 30.3 Å². The van der Waals surface area contributed by atoms with Crippen LogP contribution in [0.5, 0.6) is 0 Å². The Bertz CT molecular complexity index is 428. The second-order valence-corrected chi connectivity index (χ2v) is 4.03. The number of nitrogens with zero attached hydrogens (tertiary/aromatic N) is 3. The van der Waals surface area contributed by atoms with Crippen LogP contribution in [0.1, 0.15) is 12.0 Å². The van der Waals surface area contributed by atoms with Gasteiger partial charge in [0.1, 0.15) is 0 Å². The Balaban J connectivity index is 0.000000861. The molecule has 1 heterocycles. The molecule has 0 radical (unpaired) electrons. The van der Waals surface area contributed by atoms with Gasteiger partial charge < -0.3 is 9.77 Å². The Kier molecular flexibility index (Phi) is 7.24. The molecule has 1 N–H and O–H groups in total. The fourth-order valence-corrected chi connectivity index (χ4v) is 1.73. The normalized spacial score (nSPS) is 10.0. The monoisotopic (exact) mass is 259 g/mol. The summed E-state index contributed by atoms with van der Waals surface area (Å²) < 4.78 is 2.01. The van der Waals surface area contributed by atoms with E-state index in [1.807, 2.05) is 41.1 Å². The van der Waals surface area contributed by atoms with E-state index in [-0.39, 0.29) is 0 Å². The summed E-state index contributed by atoms with van der Waals surface area (Å²) in [5.74, 6) is 0. The van der Waals surface area contributed by atoms with E-state index in [0.717, 1.165) is 18.5 Å². The van der Waals surface area contributed by atoms with Gasteiger partial charge in [0.05, 0.1) is 6.33 Å². The molecule has 0 saturated carbocycles. The lowest BCUT2D eigenvalue weighted by molar-refractivity contribution is -0.100. The van der Waals surface area contributed by atoms with Crippen LogP contribution in [0.25, 0.3) is 0 Å². The van der Waals surface area contributed by atoms with E-state index in [9.17, 15) is 5.21 Å². The number of rotatable bonds is 6. The van der Waals surface area contributed by atoms with Gasteiger partial charge in [-0.2, -0.15) is 5.06 Å². The highest BCUT2D eigenvalue weighted by molar-refractivity contribution is 5.13. The van der Waals surface area contributed by atoms with Crippen molar-refractivity contribution < 1.29 is 5.21 Å². The molecule has 0 aliphatic rings. The third kappa shape index (κ3) is 5.99. The van der Waals surface area contributed by atoms with E-state index < -0.39 is 0 Å². The minimum atomic E-state index is 0.574.